The van der Waals surface area contributed by atoms with Crippen LogP contribution in [0.3, 0.4) is 0 Å². The molecule has 0 amide bonds. The van der Waals surface area contributed by atoms with E-state index in [-0.39, 0.29) is 23.0 Å². The van der Waals surface area contributed by atoms with E-state index >= 15 is 0 Å². The first-order chi connectivity index (χ1) is 8.38. The van der Waals surface area contributed by atoms with Gasteiger partial charge in [0.2, 0.25) is 0 Å². The molecule has 2 aliphatic rings. The molecule has 0 aromatic heterocycles. The zero-order valence-electron chi connectivity index (χ0n) is 13.8. The van der Waals surface area contributed by atoms with Gasteiger partial charge in [-0.05, 0) is 54.4 Å². The molecule has 2 rings (SSSR count). The lowest BCUT2D eigenvalue weighted by atomic mass is 9.59. The van der Waals surface area contributed by atoms with Gasteiger partial charge in [-0.1, -0.05) is 13.8 Å². The summed E-state index contributed by atoms with van der Waals surface area (Å²) >= 11 is 0. The predicted molar refractivity (Wildman–Crippen MR) is 76.1 cm³/mol. The van der Waals surface area contributed by atoms with Crippen LogP contribution in [0.2, 0.25) is 0 Å². The summed E-state index contributed by atoms with van der Waals surface area (Å²) in [6.07, 6.45) is 2.13. The summed E-state index contributed by atoms with van der Waals surface area (Å²) < 4.78 is 6.56. The lowest BCUT2D eigenvalue weighted by Gasteiger charge is -2.62. The van der Waals surface area contributed by atoms with E-state index in [0.29, 0.717) is 0 Å². The average molecular weight is 268 g/mol. The van der Waals surface area contributed by atoms with Crippen molar-refractivity contribution in [2.24, 2.45) is 11.8 Å². The third kappa shape index (κ3) is 1.89. The van der Waals surface area contributed by atoms with E-state index in [1.54, 1.807) is 0 Å². The van der Waals surface area contributed by atoms with Crippen molar-refractivity contribution in [3.05, 3.63) is 0 Å². The highest BCUT2D eigenvalue weighted by atomic mass is 16.5. The first-order valence-electron chi connectivity index (χ1n) is 7.55. The normalized spacial score (nSPS) is 44.7. The van der Waals surface area contributed by atoms with Gasteiger partial charge in [0.15, 0.2) is 0 Å². The number of rotatable bonds is 0. The molecule has 3 nitrogen and oxygen atoms in total. The Morgan fingerprint density at radius 1 is 0.895 bits per heavy atom. The molecule has 0 bridgehead atoms. The van der Waals surface area contributed by atoms with Gasteiger partial charge in [-0.2, -0.15) is 0 Å². The molecule has 2 unspecified atom stereocenters. The molecule has 0 saturated carbocycles. The molecule has 19 heavy (non-hydrogen) atoms. The molecule has 0 aromatic carbocycles. The van der Waals surface area contributed by atoms with Gasteiger partial charge in [0.05, 0.1) is 11.2 Å². The number of ether oxygens (including phenoxy) is 1. The highest BCUT2D eigenvalue weighted by Gasteiger charge is 2.65. The summed E-state index contributed by atoms with van der Waals surface area (Å²) in [5.74, 6) is 0.449. The maximum Gasteiger partial charge on any atom is 0.0778 e. The van der Waals surface area contributed by atoms with Gasteiger partial charge >= 0.3 is 0 Å². The number of piperidine rings is 1. The molecular weight excluding hydrogens is 238 g/mol. The Hall–Kier alpha value is -0.120. The van der Waals surface area contributed by atoms with Crippen molar-refractivity contribution in [2.75, 3.05) is 0 Å². The van der Waals surface area contributed by atoms with Gasteiger partial charge in [-0.15, -0.1) is 10.3 Å². The van der Waals surface area contributed by atoms with Crippen molar-refractivity contribution >= 4 is 0 Å². The lowest BCUT2D eigenvalue weighted by Crippen LogP contribution is -2.72. The van der Waals surface area contributed by atoms with Gasteiger partial charge in [-0.25, -0.2) is 0 Å². The standard InChI is InChI=1S/C16H30NO2/c1-11-14(5,6)17(18)15(7,8)12(2)16(11)10-9-13(3,4)19-16/h11-12H,9-10H2,1-8H3. The van der Waals surface area contributed by atoms with E-state index in [4.69, 9.17) is 4.74 Å². The summed E-state index contributed by atoms with van der Waals surface area (Å²) in [5.41, 5.74) is -1.02. The SMILES string of the molecule is CC1C2(CCC(C)(C)O2)C(C)C(C)(C)N([O])C1(C)C. The topological polar surface area (TPSA) is 32.4 Å². The summed E-state index contributed by atoms with van der Waals surface area (Å²) in [5, 5.41) is 14.1. The average Bonchev–Trinajstić information content (AvgIpc) is 2.62. The monoisotopic (exact) mass is 268 g/mol. The quantitative estimate of drug-likeness (QED) is 0.669. The minimum Gasteiger partial charge on any atom is -0.368 e. The van der Waals surface area contributed by atoms with Crippen molar-refractivity contribution < 1.29 is 9.94 Å². The van der Waals surface area contributed by atoms with Crippen LogP contribution in [0.25, 0.3) is 0 Å². The Balaban J connectivity index is 2.50. The first kappa shape index (κ1) is 15.3. The highest BCUT2D eigenvalue weighted by Crippen LogP contribution is 2.58. The number of hydrogen-bond acceptors (Lipinski definition) is 2. The van der Waals surface area contributed by atoms with Crippen molar-refractivity contribution in [1.29, 1.82) is 0 Å². The summed E-state index contributed by atoms with van der Waals surface area (Å²) in [6, 6.07) is 0. The van der Waals surface area contributed by atoms with Crippen LogP contribution in [-0.4, -0.2) is 27.3 Å². The Morgan fingerprint density at radius 3 is 1.63 bits per heavy atom. The second-order valence-corrected chi connectivity index (χ2v) is 8.36. The molecule has 0 aliphatic carbocycles. The Kier molecular flexibility index (Phi) is 3.18. The zero-order chi connectivity index (χ0) is 14.9. The summed E-state index contributed by atoms with van der Waals surface area (Å²) in [7, 11) is 0. The van der Waals surface area contributed by atoms with Crippen LogP contribution in [0.4, 0.5) is 0 Å². The van der Waals surface area contributed by atoms with Crippen molar-refractivity contribution in [1.82, 2.24) is 5.06 Å². The van der Waals surface area contributed by atoms with E-state index in [1.807, 2.05) is 0 Å². The minimum absolute atomic E-state index is 0.0697. The van der Waals surface area contributed by atoms with Gasteiger partial charge in [-0.3, -0.25) is 0 Å². The molecule has 1 radical (unpaired) electrons. The Bertz CT molecular complexity index is 351. The second-order valence-electron chi connectivity index (χ2n) is 8.36. The van der Waals surface area contributed by atoms with Crippen LogP contribution in [0.1, 0.15) is 68.2 Å². The van der Waals surface area contributed by atoms with Crippen LogP contribution in [0.5, 0.6) is 0 Å². The van der Waals surface area contributed by atoms with E-state index < -0.39 is 11.1 Å². The summed E-state index contributed by atoms with van der Waals surface area (Å²) in [6.45, 7) is 17.0. The fourth-order valence-corrected chi connectivity index (χ4v) is 4.39. The van der Waals surface area contributed by atoms with E-state index in [1.165, 1.54) is 5.06 Å². The first-order valence-corrected chi connectivity index (χ1v) is 7.55. The molecule has 2 aliphatic heterocycles. The zero-order valence-corrected chi connectivity index (χ0v) is 13.8. The van der Waals surface area contributed by atoms with Crippen molar-refractivity contribution in [2.45, 2.75) is 90.5 Å². The predicted octanol–water partition coefficient (Wildman–Crippen LogP) is 3.80. The second kappa shape index (κ2) is 3.96. The number of hydroxylamine groups is 2. The van der Waals surface area contributed by atoms with Crippen LogP contribution < -0.4 is 0 Å². The maximum absolute atomic E-state index is 12.8. The van der Waals surface area contributed by atoms with Crippen molar-refractivity contribution in [3.63, 3.8) is 0 Å². The molecule has 2 saturated heterocycles. The third-order valence-corrected chi connectivity index (χ3v) is 6.22. The molecule has 0 N–H and O–H groups in total. The van der Waals surface area contributed by atoms with Gasteiger partial charge in [0.1, 0.15) is 0 Å². The fourth-order valence-electron chi connectivity index (χ4n) is 4.39. The third-order valence-electron chi connectivity index (χ3n) is 6.22. The van der Waals surface area contributed by atoms with Crippen LogP contribution in [0.15, 0.2) is 0 Å². The lowest BCUT2D eigenvalue weighted by molar-refractivity contribution is -0.355. The largest absolute Gasteiger partial charge is 0.368 e. The van der Waals surface area contributed by atoms with Gasteiger partial charge < -0.3 is 4.74 Å². The van der Waals surface area contributed by atoms with Crippen LogP contribution >= 0.6 is 0 Å². The fraction of sp³-hybridized carbons (Fsp3) is 1.00. The molecule has 3 heteroatoms. The van der Waals surface area contributed by atoms with E-state index in [2.05, 4.69) is 55.4 Å². The smallest absolute Gasteiger partial charge is 0.0778 e. The molecule has 2 fully saturated rings. The Morgan fingerprint density at radius 2 is 1.32 bits per heavy atom. The summed E-state index contributed by atoms with van der Waals surface area (Å²) in [4.78, 5) is 0. The van der Waals surface area contributed by atoms with Gasteiger partial charge in [0, 0.05) is 22.9 Å². The molecule has 0 aromatic rings. The highest BCUT2D eigenvalue weighted by molar-refractivity contribution is 5.14. The number of hydrogen-bond donors (Lipinski definition) is 0. The minimum atomic E-state index is -0.392. The maximum atomic E-state index is 12.8. The molecule has 2 atom stereocenters. The van der Waals surface area contributed by atoms with Crippen LogP contribution in [-0.2, 0) is 9.94 Å². The molecule has 2 heterocycles. The van der Waals surface area contributed by atoms with E-state index in [9.17, 15) is 5.21 Å². The molecule has 1 spiro atoms. The van der Waals surface area contributed by atoms with E-state index in [0.717, 1.165) is 12.8 Å². The Labute approximate surface area is 118 Å². The van der Waals surface area contributed by atoms with Crippen LogP contribution in [0, 0.1) is 11.8 Å². The molecule has 111 valence electrons. The molecular formula is C16H30NO2. The number of nitrogens with zero attached hydrogens (tertiary/aromatic N) is 1. The van der Waals surface area contributed by atoms with Gasteiger partial charge in [0.25, 0.3) is 0 Å². The van der Waals surface area contributed by atoms with Crippen molar-refractivity contribution in [3.8, 4) is 0 Å².